The van der Waals surface area contributed by atoms with Crippen molar-refractivity contribution in [3.05, 3.63) is 0 Å². The number of nitrogens with two attached hydrogens (primary N) is 1. The quantitative estimate of drug-likeness (QED) is 0.844. The van der Waals surface area contributed by atoms with E-state index in [9.17, 15) is 0 Å². The van der Waals surface area contributed by atoms with Gasteiger partial charge < -0.3 is 15.5 Å². The predicted octanol–water partition coefficient (Wildman–Crippen LogP) is 1.24. The monoisotopic (exact) mass is 279 g/mol. The third-order valence-corrected chi connectivity index (χ3v) is 2.50. The third-order valence-electron chi connectivity index (χ3n) is 2.50. The summed E-state index contributed by atoms with van der Waals surface area (Å²) in [5.41, 5.74) is 5.82. The van der Waals surface area contributed by atoms with Crippen molar-refractivity contribution in [2.24, 2.45) is 5.73 Å². The van der Waals surface area contributed by atoms with E-state index in [1.807, 2.05) is 0 Å². The molecule has 0 unspecified atom stereocenters. The van der Waals surface area contributed by atoms with Crippen LogP contribution in [0.1, 0.15) is 12.8 Å². The van der Waals surface area contributed by atoms with Crippen LogP contribution in [0.5, 0.6) is 0 Å². The Morgan fingerprint density at radius 1 is 1.13 bits per heavy atom. The lowest BCUT2D eigenvalue weighted by atomic mass is 10.1. The molecular formula is C9H24Cl3N3. The number of hydrogen-bond acceptors (Lipinski definition) is 3. The molecule has 0 aromatic carbocycles. The van der Waals surface area contributed by atoms with Crippen molar-refractivity contribution in [1.29, 1.82) is 0 Å². The van der Waals surface area contributed by atoms with Gasteiger partial charge in [-0.25, -0.2) is 0 Å². The zero-order chi connectivity index (χ0) is 8.97. The maximum absolute atomic E-state index is 5.82. The van der Waals surface area contributed by atoms with Gasteiger partial charge in [-0.3, -0.25) is 0 Å². The van der Waals surface area contributed by atoms with Crippen LogP contribution in [0.4, 0.5) is 0 Å². The van der Waals surface area contributed by atoms with Gasteiger partial charge in [0.05, 0.1) is 0 Å². The molecule has 0 atom stereocenters. The minimum Gasteiger partial charge on any atom is -0.328 e. The molecule has 0 radical (unpaired) electrons. The summed E-state index contributed by atoms with van der Waals surface area (Å²) in [5, 5.41) is 0. The summed E-state index contributed by atoms with van der Waals surface area (Å²) in [6, 6.07) is 0.459. The van der Waals surface area contributed by atoms with Gasteiger partial charge in [0.15, 0.2) is 0 Å². The van der Waals surface area contributed by atoms with Gasteiger partial charge in [-0.2, -0.15) is 0 Å². The second kappa shape index (κ2) is 11.2. The molecule has 2 N–H and O–H groups in total. The van der Waals surface area contributed by atoms with Crippen molar-refractivity contribution in [2.45, 2.75) is 18.9 Å². The largest absolute Gasteiger partial charge is 0.328 e. The molecule has 1 aliphatic rings. The summed E-state index contributed by atoms with van der Waals surface area (Å²) in [6.45, 7) is 4.74. The number of rotatable bonds is 3. The van der Waals surface area contributed by atoms with E-state index < -0.39 is 0 Å². The Balaban J connectivity index is -0.000000480. The molecule has 1 aliphatic heterocycles. The van der Waals surface area contributed by atoms with E-state index in [1.165, 1.54) is 32.5 Å². The smallest absolute Gasteiger partial charge is 0.0109 e. The fourth-order valence-electron chi connectivity index (χ4n) is 1.52. The van der Waals surface area contributed by atoms with Gasteiger partial charge in [0.1, 0.15) is 0 Å². The molecule has 96 valence electrons. The van der Waals surface area contributed by atoms with Gasteiger partial charge in [-0.1, -0.05) is 0 Å². The molecule has 1 rings (SSSR count). The van der Waals surface area contributed by atoms with Crippen LogP contribution in [-0.2, 0) is 0 Å². The van der Waals surface area contributed by atoms with Crippen LogP contribution in [0, 0.1) is 0 Å². The van der Waals surface area contributed by atoms with Crippen molar-refractivity contribution in [3.8, 4) is 0 Å². The molecule has 0 bridgehead atoms. The van der Waals surface area contributed by atoms with Crippen LogP contribution in [0.2, 0.25) is 0 Å². The molecule has 1 fully saturated rings. The zero-order valence-corrected chi connectivity index (χ0v) is 12.0. The molecule has 0 spiro atoms. The summed E-state index contributed by atoms with van der Waals surface area (Å²) < 4.78 is 0. The van der Waals surface area contributed by atoms with Gasteiger partial charge in [-0.05, 0) is 40.0 Å². The van der Waals surface area contributed by atoms with Crippen LogP contribution in [0.3, 0.4) is 0 Å². The van der Waals surface area contributed by atoms with E-state index in [-0.39, 0.29) is 37.2 Å². The number of likely N-dealkylation sites (N-methyl/N-ethyl adjacent to an activating group) is 1. The molecule has 3 nitrogen and oxygen atoms in total. The lowest BCUT2D eigenvalue weighted by molar-refractivity contribution is 0.194. The molecule has 0 aliphatic carbocycles. The van der Waals surface area contributed by atoms with E-state index in [1.54, 1.807) is 0 Å². The highest BCUT2D eigenvalue weighted by molar-refractivity contribution is 5.86. The van der Waals surface area contributed by atoms with Crippen LogP contribution >= 0.6 is 37.2 Å². The maximum Gasteiger partial charge on any atom is 0.0109 e. The van der Waals surface area contributed by atoms with E-state index in [0.29, 0.717) is 6.04 Å². The molecule has 15 heavy (non-hydrogen) atoms. The Bertz CT molecular complexity index is 128. The van der Waals surface area contributed by atoms with Gasteiger partial charge in [0.2, 0.25) is 0 Å². The summed E-state index contributed by atoms with van der Waals surface area (Å²) in [6.07, 6.45) is 2.35. The van der Waals surface area contributed by atoms with Gasteiger partial charge in [-0.15, -0.1) is 37.2 Å². The Labute approximate surface area is 112 Å². The molecule has 0 amide bonds. The minimum absolute atomic E-state index is 0. The minimum atomic E-state index is 0. The molecule has 6 heteroatoms. The summed E-state index contributed by atoms with van der Waals surface area (Å²) in [4.78, 5) is 4.73. The van der Waals surface area contributed by atoms with Crippen molar-refractivity contribution in [3.63, 3.8) is 0 Å². The molecule has 1 heterocycles. The Morgan fingerprint density at radius 3 is 2.00 bits per heavy atom. The average Bonchev–Trinajstić information content (AvgIpc) is 2.03. The summed E-state index contributed by atoms with van der Waals surface area (Å²) in [7, 11) is 4.24. The predicted molar refractivity (Wildman–Crippen MR) is 73.9 cm³/mol. The first-order chi connectivity index (χ1) is 5.68. The first-order valence-corrected chi connectivity index (χ1v) is 4.81. The van der Waals surface area contributed by atoms with E-state index in [0.717, 1.165) is 6.54 Å². The van der Waals surface area contributed by atoms with E-state index in [4.69, 9.17) is 5.73 Å². The Hall–Kier alpha value is 0.750. The topological polar surface area (TPSA) is 32.5 Å². The number of piperidine rings is 1. The second-order valence-corrected chi connectivity index (χ2v) is 3.98. The molecule has 0 aromatic rings. The van der Waals surface area contributed by atoms with E-state index >= 15 is 0 Å². The number of nitrogens with zero attached hydrogens (tertiary/aromatic N) is 2. The number of halogens is 3. The first kappa shape index (κ1) is 21.1. The highest BCUT2D eigenvalue weighted by Gasteiger charge is 2.14. The van der Waals surface area contributed by atoms with Crippen molar-refractivity contribution >= 4 is 37.2 Å². The van der Waals surface area contributed by atoms with Gasteiger partial charge >= 0.3 is 0 Å². The lowest BCUT2D eigenvalue weighted by Crippen LogP contribution is -2.42. The van der Waals surface area contributed by atoms with Crippen LogP contribution in [-0.4, -0.2) is 56.1 Å². The number of hydrogen-bond donors (Lipinski definition) is 1. The number of likely N-dealkylation sites (tertiary alicyclic amines) is 1. The van der Waals surface area contributed by atoms with Crippen molar-refractivity contribution < 1.29 is 0 Å². The Kier molecular flexibility index (Phi) is 15.8. The first-order valence-electron chi connectivity index (χ1n) is 4.81. The fraction of sp³-hybridized carbons (Fsp3) is 1.00. The average molecular weight is 281 g/mol. The van der Waals surface area contributed by atoms with Gasteiger partial charge in [0, 0.05) is 19.1 Å². The normalized spacial score (nSPS) is 17.6. The fourth-order valence-corrected chi connectivity index (χ4v) is 1.52. The summed E-state index contributed by atoms with van der Waals surface area (Å²) >= 11 is 0. The Morgan fingerprint density at radius 2 is 1.60 bits per heavy atom. The molecule has 0 aromatic heterocycles. The highest BCUT2D eigenvalue weighted by atomic mass is 35.5. The maximum atomic E-state index is 5.82. The van der Waals surface area contributed by atoms with Crippen molar-refractivity contribution in [1.82, 2.24) is 9.80 Å². The van der Waals surface area contributed by atoms with Gasteiger partial charge in [0.25, 0.3) is 0 Å². The van der Waals surface area contributed by atoms with Crippen LogP contribution < -0.4 is 5.73 Å². The zero-order valence-electron chi connectivity index (χ0n) is 9.52. The third kappa shape index (κ3) is 9.67. The standard InChI is InChI=1S/C9H21N3.3ClH/c1-11(2)7-8-12-5-3-9(10)4-6-12;;;/h9H,3-8,10H2,1-2H3;3*1H. The van der Waals surface area contributed by atoms with Crippen molar-refractivity contribution in [2.75, 3.05) is 40.3 Å². The summed E-state index contributed by atoms with van der Waals surface area (Å²) in [5.74, 6) is 0. The molecule has 1 saturated heterocycles. The molecular weight excluding hydrogens is 256 g/mol. The SMILES string of the molecule is CN(C)CCN1CCC(N)CC1.Cl.Cl.Cl. The van der Waals surface area contributed by atoms with Crippen LogP contribution in [0.25, 0.3) is 0 Å². The molecule has 0 saturated carbocycles. The van der Waals surface area contributed by atoms with Crippen LogP contribution in [0.15, 0.2) is 0 Å². The van der Waals surface area contributed by atoms with E-state index in [2.05, 4.69) is 23.9 Å². The lowest BCUT2D eigenvalue weighted by Gasteiger charge is -2.30. The second-order valence-electron chi connectivity index (χ2n) is 3.98. The highest BCUT2D eigenvalue weighted by Crippen LogP contribution is 2.07.